The SMILES string of the molecule is CCc1ccc(-c2noc(C3=C(C)N(c4cccc(F)c4)C(=S)NC3c3ccc(C)cc3)n2)cc1. The van der Waals surface area contributed by atoms with Gasteiger partial charge in [0, 0.05) is 11.3 Å². The molecule has 0 saturated heterocycles. The average Bonchev–Trinajstić information content (AvgIpc) is 3.34. The van der Waals surface area contributed by atoms with Crippen molar-refractivity contribution in [3.8, 4) is 11.4 Å². The zero-order valence-electron chi connectivity index (χ0n) is 19.7. The van der Waals surface area contributed by atoms with Gasteiger partial charge in [-0.05, 0) is 61.8 Å². The Labute approximate surface area is 209 Å². The second kappa shape index (κ2) is 9.43. The fourth-order valence-corrected chi connectivity index (χ4v) is 4.65. The number of hydrogen-bond acceptors (Lipinski definition) is 4. The molecule has 176 valence electrons. The number of nitrogens with zero attached hydrogens (tertiary/aromatic N) is 3. The highest BCUT2D eigenvalue weighted by Gasteiger charge is 2.34. The van der Waals surface area contributed by atoms with E-state index in [9.17, 15) is 4.39 Å². The molecule has 1 N–H and O–H groups in total. The van der Waals surface area contributed by atoms with Crippen LogP contribution in [0.15, 0.2) is 83.0 Å². The van der Waals surface area contributed by atoms with E-state index in [4.69, 9.17) is 21.7 Å². The molecule has 2 heterocycles. The van der Waals surface area contributed by atoms with Crippen LogP contribution in [0.5, 0.6) is 0 Å². The third-order valence-corrected chi connectivity index (χ3v) is 6.54. The van der Waals surface area contributed by atoms with Gasteiger partial charge >= 0.3 is 0 Å². The van der Waals surface area contributed by atoms with Crippen molar-refractivity contribution in [2.24, 2.45) is 0 Å². The first kappa shape index (κ1) is 22.9. The number of hydrogen-bond donors (Lipinski definition) is 1. The van der Waals surface area contributed by atoms with E-state index in [2.05, 4.69) is 53.8 Å². The van der Waals surface area contributed by atoms with Gasteiger partial charge in [-0.1, -0.05) is 72.2 Å². The fraction of sp³-hybridized carbons (Fsp3) is 0.179. The van der Waals surface area contributed by atoms with Crippen molar-refractivity contribution >= 4 is 28.6 Å². The molecule has 5 nitrogen and oxygen atoms in total. The molecular formula is C28H25FN4OS. The predicted molar refractivity (Wildman–Crippen MR) is 140 cm³/mol. The van der Waals surface area contributed by atoms with Crippen molar-refractivity contribution in [1.82, 2.24) is 15.5 Å². The predicted octanol–water partition coefficient (Wildman–Crippen LogP) is 6.61. The number of benzene rings is 3. The first-order valence-corrected chi connectivity index (χ1v) is 11.9. The third-order valence-electron chi connectivity index (χ3n) is 6.24. The van der Waals surface area contributed by atoms with Crippen molar-refractivity contribution in [2.75, 3.05) is 4.90 Å². The quantitative estimate of drug-likeness (QED) is 0.322. The monoisotopic (exact) mass is 484 g/mol. The van der Waals surface area contributed by atoms with Gasteiger partial charge in [0.1, 0.15) is 5.82 Å². The van der Waals surface area contributed by atoms with Crippen LogP contribution in [0.4, 0.5) is 10.1 Å². The summed E-state index contributed by atoms with van der Waals surface area (Å²) in [5.41, 5.74) is 6.49. The van der Waals surface area contributed by atoms with Crippen LogP contribution in [0.2, 0.25) is 0 Å². The van der Waals surface area contributed by atoms with Gasteiger partial charge in [-0.2, -0.15) is 4.98 Å². The summed E-state index contributed by atoms with van der Waals surface area (Å²) in [4.78, 5) is 6.56. The first-order chi connectivity index (χ1) is 16.9. The first-order valence-electron chi connectivity index (χ1n) is 11.5. The lowest BCUT2D eigenvalue weighted by atomic mass is 9.94. The molecule has 0 spiro atoms. The van der Waals surface area contributed by atoms with Gasteiger partial charge < -0.3 is 9.84 Å². The summed E-state index contributed by atoms with van der Waals surface area (Å²) < 4.78 is 19.9. The van der Waals surface area contributed by atoms with E-state index in [-0.39, 0.29) is 11.9 Å². The van der Waals surface area contributed by atoms with E-state index in [1.54, 1.807) is 11.0 Å². The summed E-state index contributed by atoms with van der Waals surface area (Å²) in [5, 5.41) is 8.15. The third kappa shape index (κ3) is 4.47. The Bertz CT molecular complexity index is 1410. The van der Waals surface area contributed by atoms with Gasteiger partial charge in [0.15, 0.2) is 5.11 Å². The molecule has 0 bridgehead atoms. The van der Waals surface area contributed by atoms with Crippen LogP contribution < -0.4 is 10.2 Å². The lowest BCUT2D eigenvalue weighted by Gasteiger charge is -2.37. The molecule has 0 fully saturated rings. The molecule has 1 atom stereocenters. The Morgan fingerprint density at radius 2 is 1.77 bits per heavy atom. The summed E-state index contributed by atoms with van der Waals surface area (Å²) in [7, 11) is 0. The minimum Gasteiger partial charge on any atom is -0.351 e. The van der Waals surface area contributed by atoms with E-state index in [1.807, 2.05) is 32.0 Å². The lowest BCUT2D eigenvalue weighted by Crippen LogP contribution is -2.46. The molecule has 0 aliphatic carbocycles. The molecular weight excluding hydrogens is 459 g/mol. The van der Waals surface area contributed by atoms with Crippen molar-refractivity contribution in [3.05, 3.63) is 107 Å². The second-order valence-corrected chi connectivity index (χ2v) is 8.97. The smallest absolute Gasteiger partial charge is 0.258 e. The number of nitrogens with one attached hydrogen (secondary N) is 1. The van der Waals surface area contributed by atoms with Gasteiger partial charge in [-0.15, -0.1) is 0 Å². The van der Waals surface area contributed by atoms with E-state index in [0.29, 0.717) is 22.5 Å². The standard InChI is InChI=1S/C28H25FN4OS/c1-4-19-10-14-21(15-11-19)26-31-27(34-32-26)24-18(3)33(23-7-5-6-22(29)16-23)28(35)30-25(24)20-12-8-17(2)9-13-20/h5-16,25H,4H2,1-3H3,(H,30,35). The summed E-state index contributed by atoms with van der Waals surface area (Å²) >= 11 is 5.73. The van der Waals surface area contributed by atoms with E-state index in [1.165, 1.54) is 17.7 Å². The van der Waals surface area contributed by atoms with Crippen molar-refractivity contribution < 1.29 is 8.91 Å². The van der Waals surface area contributed by atoms with Crippen LogP contribution in [0.3, 0.4) is 0 Å². The zero-order valence-corrected chi connectivity index (χ0v) is 20.6. The minimum absolute atomic E-state index is 0.302. The summed E-state index contributed by atoms with van der Waals surface area (Å²) in [6, 6.07) is 22.4. The zero-order chi connectivity index (χ0) is 24.5. The Hall–Kier alpha value is -3.84. The Morgan fingerprint density at radius 1 is 1.03 bits per heavy atom. The number of aryl methyl sites for hydroxylation is 2. The molecule has 0 radical (unpaired) electrons. The highest BCUT2D eigenvalue weighted by molar-refractivity contribution is 7.80. The number of allylic oxidation sites excluding steroid dienone is 1. The minimum atomic E-state index is -0.337. The van der Waals surface area contributed by atoms with Crippen LogP contribution in [0.25, 0.3) is 17.0 Å². The van der Waals surface area contributed by atoms with Crippen molar-refractivity contribution in [1.29, 1.82) is 0 Å². The van der Waals surface area contributed by atoms with Gasteiger partial charge in [0.2, 0.25) is 5.82 Å². The number of anilines is 1. The summed E-state index contributed by atoms with van der Waals surface area (Å²) in [6.07, 6.45) is 0.962. The van der Waals surface area contributed by atoms with Crippen LogP contribution in [-0.4, -0.2) is 15.3 Å². The van der Waals surface area contributed by atoms with E-state index >= 15 is 0 Å². The topological polar surface area (TPSA) is 54.2 Å². The molecule has 5 rings (SSSR count). The van der Waals surface area contributed by atoms with Gasteiger partial charge in [0.05, 0.1) is 17.3 Å². The average molecular weight is 485 g/mol. The van der Waals surface area contributed by atoms with Gasteiger partial charge in [-0.3, -0.25) is 4.90 Å². The molecule has 0 amide bonds. The Kier molecular flexibility index (Phi) is 6.17. The molecule has 35 heavy (non-hydrogen) atoms. The molecule has 1 aromatic heterocycles. The Balaban J connectivity index is 1.63. The van der Waals surface area contributed by atoms with Crippen LogP contribution in [0.1, 0.15) is 42.5 Å². The van der Waals surface area contributed by atoms with E-state index in [0.717, 1.165) is 34.4 Å². The maximum Gasteiger partial charge on any atom is 0.258 e. The van der Waals surface area contributed by atoms with Gasteiger partial charge in [-0.25, -0.2) is 4.39 Å². The van der Waals surface area contributed by atoms with Crippen molar-refractivity contribution in [3.63, 3.8) is 0 Å². The molecule has 4 aromatic rings. The summed E-state index contributed by atoms with van der Waals surface area (Å²) in [5.74, 6) is 0.561. The summed E-state index contributed by atoms with van der Waals surface area (Å²) in [6.45, 7) is 6.10. The lowest BCUT2D eigenvalue weighted by molar-refractivity contribution is 0.404. The molecule has 1 unspecified atom stereocenters. The maximum atomic E-state index is 14.1. The maximum absolute atomic E-state index is 14.1. The second-order valence-electron chi connectivity index (χ2n) is 8.58. The largest absolute Gasteiger partial charge is 0.351 e. The number of aromatic nitrogens is 2. The van der Waals surface area contributed by atoms with Crippen molar-refractivity contribution in [2.45, 2.75) is 33.2 Å². The molecule has 1 aliphatic rings. The molecule has 7 heteroatoms. The number of rotatable bonds is 5. The van der Waals surface area contributed by atoms with Crippen LogP contribution in [0, 0.1) is 12.7 Å². The molecule has 0 saturated carbocycles. The van der Waals surface area contributed by atoms with E-state index < -0.39 is 0 Å². The highest BCUT2D eigenvalue weighted by Crippen LogP contribution is 2.39. The van der Waals surface area contributed by atoms with Gasteiger partial charge in [0.25, 0.3) is 5.89 Å². The van der Waals surface area contributed by atoms with Crippen LogP contribution in [-0.2, 0) is 6.42 Å². The number of thiocarbonyl (C=S) groups is 1. The Morgan fingerprint density at radius 3 is 2.46 bits per heavy atom. The molecule has 1 aliphatic heterocycles. The number of halogens is 1. The van der Waals surface area contributed by atoms with Crippen LogP contribution >= 0.6 is 12.2 Å². The molecule has 3 aromatic carbocycles. The fourth-order valence-electron chi connectivity index (χ4n) is 4.29. The highest BCUT2D eigenvalue weighted by atomic mass is 32.1. The normalized spacial score (nSPS) is 15.9.